The van der Waals surface area contributed by atoms with Crippen LogP contribution < -0.4 is 5.32 Å². The van der Waals surface area contributed by atoms with Crippen LogP contribution in [0.15, 0.2) is 30.6 Å². The number of piperidine rings is 1. The van der Waals surface area contributed by atoms with Crippen molar-refractivity contribution in [3.05, 3.63) is 58.7 Å². The highest BCUT2D eigenvalue weighted by Gasteiger charge is 2.31. The van der Waals surface area contributed by atoms with Crippen molar-refractivity contribution in [1.82, 2.24) is 20.2 Å². The quantitative estimate of drug-likeness (QED) is 0.537. The number of methoxy groups -OCH3 is 1. The minimum absolute atomic E-state index is 0.0174. The molecule has 5 rings (SSSR count). The van der Waals surface area contributed by atoms with Gasteiger partial charge in [-0.2, -0.15) is 0 Å². The molecule has 1 aromatic carbocycles. The van der Waals surface area contributed by atoms with E-state index in [2.05, 4.69) is 46.5 Å². The number of benzene rings is 1. The van der Waals surface area contributed by atoms with Crippen LogP contribution in [0, 0.1) is 13.8 Å². The first-order valence-electron chi connectivity index (χ1n) is 14.7. The number of carbonyl (C=O) groups excluding carboxylic acids is 1. The molecule has 4 atom stereocenters. The van der Waals surface area contributed by atoms with E-state index < -0.39 is 0 Å². The van der Waals surface area contributed by atoms with Crippen molar-refractivity contribution >= 4 is 5.91 Å². The molecule has 8 heteroatoms. The smallest absolute Gasteiger partial charge is 0.272 e. The van der Waals surface area contributed by atoms with Crippen LogP contribution in [0.25, 0.3) is 0 Å². The zero-order valence-corrected chi connectivity index (χ0v) is 23.7. The van der Waals surface area contributed by atoms with Gasteiger partial charge in [0.05, 0.1) is 24.9 Å². The largest absolute Gasteiger partial charge is 0.379 e. The first-order chi connectivity index (χ1) is 19.0. The van der Waals surface area contributed by atoms with Crippen molar-refractivity contribution in [3.8, 4) is 0 Å². The van der Waals surface area contributed by atoms with E-state index >= 15 is 0 Å². The minimum atomic E-state index is 0.0174. The third kappa shape index (κ3) is 7.04. The molecular weight excluding hydrogens is 492 g/mol. The average molecular weight is 537 g/mol. The lowest BCUT2D eigenvalue weighted by Gasteiger charge is -2.38. The normalized spacial score (nSPS) is 26.5. The predicted molar refractivity (Wildman–Crippen MR) is 150 cm³/mol. The maximum absolute atomic E-state index is 13.5. The van der Waals surface area contributed by atoms with Crippen LogP contribution >= 0.6 is 0 Å². The van der Waals surface area contributed by atoms with Crippen molar-refractivity contribution in [3.63, 3.8) is 0 Å². The van der Waals surface area contributed by atoms with E-state index in [9.17, 15) is 4.79 Å². The summed E-state index contributed by atoms with van der Waals surface area (Å²) in [5, 5.41) is 3.76. The van der Waals surface area contributed by atoms with Gasteiger partial charge in [-0.05, 0) is 70.8 Å². The lowest BCUT2D eigenvalue weighted by molar-refractivity contribution is -0.0547. The van der Waals surface area contributed by atoms with Gasteiger partial charge in [-0.1, -0.05) is 29.8 Å². The Morgan fingerprint density at radius 3 is 2.64 bits per heavy atom. The maximum atomic E-state index is 13.5. The molecule has 3 saturated heterocycles. The zero-order chi connectivity index (χ0) is 27.2. The first-order valence-corrected chi connectivity index (χ1v) is 14.7. The van der Waals surface area contributed by atoms with Crippen LogP contribution in [-0.4, -0.2) is 78.5 Å². The molecule has 2 unspecified atom stereocenters. The summed E-state index contributed by atoms with van der Waals surface area (Å²) >= 11 is 0. The molecule has 2 aromatic rings. The maximum Gasteiger partial charge on any atom is 0.272 e. The second kappa shape index (κ2) is 13.3. The van der Waals surface area contributed by atoms with E-state index in [4.69, 9.17) is 14.2 Å². The number of rotatable bonds is 8. The molecule has 1 N–H and O–H groups in total. The second-order valence-electron chi connectivity index (χ2n) is 11.4. The third-order valence-electron chi connectivity index (χ3n) is 8.73. The van der Waals surface area contributed by atoms with Crippen molar-refractivity contribution < 1.29 is 19.0 Å². The van der Waals surface area contributed by atoms with Gasteiger partial charge >= 0.3 is 0 Å². The lowest BCUT2D eigenvalue weighted by atomic mass is 9.95. The van der Waals surface area contributed by atoms with Crippen LogP contribution in [0.1, 0.15) is 83.9 Å². The Morgan fingerprint density at radius 1 is 1.08 bits per heavy atom. The molecule has 4 heterocycles. The summed E-state index contributed by atoms with van der Waals surface area (Å²) in [5.74, 6) is 0.0174. The fraction of sp³-hybridized carbons (Fsp3) is 0.645. The number of hydrogen-bond donors (Lipinski definition) is 1. The van der Waals surface area contributed by atoms with Gasteiger partial charge in [-0.25, -0.2) is 9.97 Å². The van der Waals surface area contributed by atoms with Gasteiger partial charge in [0.1, 0.15) is 12.0 Å². The van der Waals surface area contributed by atoms with Crippen LogP contribution in [0.4, 0.5) is 0 Å². The van der Waals surface area contributed by atoms with Gasteiger partial charge in [0, 0.05) is 50.1 Å². The van der Waals surface area contributed by atoms with E-state index in [-0.39, 0.29) is 24.2 Å². The molecule has 212 valence electrons. The second-order valence-corrected chi connectivity index (χ2v) is 11.4. The number of hydrogen-bond acceptors (Lipinski definition) is 7. The Labute approximate surface area is 232 Å². The van der Waals surface area contributed by atoms with Gasteiger partial charge in [-0.15, -0.1) is 0 Å². The molecule has 0 saturated carbocycles. The summed E-state index contributed by atoms with van der Waals surface area (Å²) in [6.45, 7) is 6.97. The molecule has 1 aromatic heterocycles. The van der Waals surface area contributed by atoms with Crippen LogP contribution in [0.5, 0.6) is 0 Å². The average Bonchev–Trinajstić information content (AvgIpc) is 2.97. The topological polar surface area (TPSA) is 85.8 Å². The highest BCUT2D eigenvalue weighted by Crippen LogP contribution is 2.33. The number of nitrogens with zero attached hydrogens (tertiary/aromatic N) is 3. The molecular formula is C31H44N4O4. The summed E-state index contributed by atoms with van der Waals surface area (Å²) in [6, 6.07) is 9.39. The number of carbonyl (C=O) groups is 1. The number of nitrogens with one attached hydrogen (secondary N) is 1. The highest BCUT2D eigenvalue weighted by molar-refractivity contribution is 5.93. The molecule has 1 amide bonds. The van der Waals surface area contributed by atoms with Gasteiger partial charge < -0.3 is 24.4 Å². The summed E-state index contributed by atoms with van der Waals surface area (Å²) in [5.41, 5.74) is 4.93. The number of aryl methyl sites for hydroxylation is 2. The van der Waals surface area contributed by atoms with Crippen LogP contribution in [0.3, 0.4) is 0 Å². The number of amides is 1. The van der Waals surface area contributed by atoms with Crippen molar-refractivity contribution in [1.29, 1.82) is 0 Å². The fourth-order valence-electron chi connectivity index (χ4n) is 6.23. The Bertz CT molecular complexity index is 1090. The molecule has 0 radical (unpaired) electrons. The first kappa shape index (κ1) is 28.1. The molecule has 0 bridgehead atoms. The zero-order valence-electron chi connectivity index (χ0n) is 23.7. The Kier molecular flexibility index (Phi) is 9.61. The van der Waals surface area contributed by atoms with Crippen molar-refractivity contribution in [2.24, 2.45) is 0 Å². The number of ether oxygens (including phenoxy) is 3. The molecule has 39 heavy (non-hydrogen) atoms. The fourth-order valence-corrected chi connectivity index (χ4v) is 6.23. The minimum Gasteiger partial charge on any atom is -0.379 e. The number of aromatic nitrogens is 2. The van der Waals surface area contributed by atoms with Gasteiger partial charge in [0.15, 0.2) is 0 Å². The standard InChI is InChI=1S/C31H44N4O4/c1-21-7-9-23(10-8-21)28-6-4-5-25(39-28)11-12-26-22(2)30(33-20-32-26)31(36)35-16-13-24(14-17-35)34-27-15-18-38-19-29(27)37-3/h7-10,20,24-25,27-29,34H,4-6,11-19H2,1-3H3/t25-,27?,28+,29?/m1/s1. The van der Waals surface area contributed by atoms with Crippen LogP contribution in [-0.2, 0) is 20.6 Å². The lowest BCUT2D eigenvalue weighted by Crippen LogP contribution is -2.54. The molecule has 8 nitrogen and oxygen atoms in total. The molecule has 3 aliphatic heterocycles. The molecule has 0 aliphatic carbocycles. The summed E-state index contributed by atoms with van der Waals surface area (Å²) in [7, 11) is 1.75. The van der Waals surface area contributed by atoms with E-state index in [1.807, 2.05) is 11.8 Å². The summed E-state index contributed by atoms with van der Waals surface area (Å²) < 4.78 is 17.6. The SMILES string of the molecule is COC1COCCC1NC1CCN(C(=O)c2ncnc(CC[C@H]3CCC[C@@H](c4ccc(C)cc4)O3)c2C)CC1. The summed E-state index contributed by atoms with van der Waals surface area (Å²) in [4.78, 5) is 24.4. The van der Waals surface area contributed by atoms with E-state index in [0.29, 0.717) is 24.4 Å². The molecule has 0 spiro atoms. The third-order valence-corrected chi connectivity index (χ3v) is 8.73. The Hall–Kier alpha value is -2.39. The van der Waals surface area contributed by atoms with E-state index in [0.717, 1.165) is 75.9 Å². The van der Waals surface area contributed by atoms with Gasteiger partial charge in [-0.3, -0.25) is 4.79 Å². The Morgan fingerprint density at radius 2 is 1.87 bits per heavy atom. The monoisotopic (exact) mass is 536 g/mol. The summed E-state index contributed by atoms with van der Waals surface area (Å²) in [6.07, 6.45) is 9.83. The van der Waals surface area contributed by atoms with Crippen molar-refractivity contribution in [2.75, 3.05) is 33.4 Å². The van der Waals surface area contributed by atoms with Gasteiger partial charge in [0.25, 0.3) is 5.91 Å². The molecule has 3 aliphatic rings. The van der Waals surface area contributed by atoms with Crippen LogP contribution in [0.2, 0.25) is 0 Å². The predicted octanol–water partition coefficient (Wildman–Crippen LogP) is 4.33. The molecule has 3 fully saturated rings. The van der Waals surface area contributed by atoms with Gasteiger partial charge in [0.2, 0.25) is 0 Å². The highest BCUT2D eigenvalue weighted by atomic mass is 16.5. The Balaban J connectivity index is 1.13. The van der Waals surface area contributed by atoms with E-state index in [1.165, 1.54) is 17.5 Å². The van der Waals surface area contributed by atoms with E-state index in [1.54, 1.807) is 13.4 Å². The number of likely N-dealkylation sites (tertiary alicyclic amines) is 1. The van der Waals surface area contributed by atoms with Crippen molar-refractivity contribution in [2.45, 2.75) is 95.6 Å².